The number of allylic oxidation sites excluding steroid dienone is 1. The van der Waals surface area contributed by atoms with Gasteiger partial charge in [0.25, 0.3) is 5.92 Å². The first-order chi connectivity index (χ1) is 16.4. The number of nitrogens with one attached hydrogen (secondary N) is 2. The molecule has 0 spiro atoms. The average molecular weight is 469 g/mol. The maximum atomic E-state index is 14.3. The van der Waals surface area contributed by atoms with Gasteiger partial charge in [-0.3, -0.25) is 9.98 Å². The molecule has 180 valence electrons. The number of morpholine rings is 1. The maximum absolute atomic E-state index is 14.3. The van der Waals surface area contributed by atoms with Crippen molar-refractivity contribution in [1.29, 1.82) is 0 Å². The molecular formula is C25H30F2N6O. The van der Waals surface area contributed by atoms with Crippen LogP contribution in [0, 0.1) is 18.4 Å². The first-order valence-electron chi connectivity index (χ1n) is 11.5. The van der Waals surface area contributed by atoms with Crippen LogP contribution in [0.3, 0.4) is 0 Å². The van der Waals surface area contributed by atoms with Crippen LogP contribution in [0.15, 0.2) is 45.3 Å². The zero-order valence-corrected chi connectivity index (χ0v) is 19.5. The molecule has 1 aromatic rings. The van der Waals surface area contributed by atoms with Crippen molar-refractivity contribution >= 4 is 28.6 Å². The van der Waals surface area contributed by atoms with Gasteiger partial charge in [-0.05, 0) is 30.7 Å². The molecule has 2 N–H and O–H groups in total. The predicted molar refractivity (Wildman–Crippen MR) is 133 cm³/mol. The van der Waals surface area contributed by atoms with Gasteiger partial charge in [-0.15, -0.1) is 0 Å². The van der Waals surface area contributed by atoms with Crippen molar-refractivity contribution in [2.75, 3.05) is 51.3 Å². The Kier molecular flexibility index (Phi) is 7.39. The lowest BCUT2D eigenvalue weighted by Crippen LogP contribution is -2.47. The van der Waals surface area contributed by atoms with Gasteiger partial charge in [0.1, 0.15) is 5.71 Å². The number of alkyl halides is 2. The molecule has 3 aliphatic heterocycles. The van der Waals surface area contributed by atoms with Crippen LogP contribution in [-0.4, -0.2) is 75.7 Å². The van der Waals surface area contributed by atoms with E-state index in [0.717, 1.165) is 30.0 Å². The molecule has 34 heavy (non-hydrogen) atoms. The molecule has 0 radical (unpaired) electrons. The number of nitrogens with zero attached hydrogens (tertiary/aromatic N) is 4. The van der Waals surface area contributed by atoms with Gasteiger partial charge in [-0.25, -0.2) is 8.78 Å². The van der Waals surface area contributed by atoms with Crippen LogP contribution in [0.2, 0.25) is 0 Å². The molecule has 0 aromatic heterocycles. The van der Waals surface area contributed by atoms with Gasteiger partial charge in [0.05, 0.1) is 30.9 Å². The minimum Gasteiger partial charge on any atom is -0.375 e. The molecule has 7 nitrogen and oxygen atoms in total. The molecule has 0 bridgehead atoms. The predicted octanol–water partition coefficient (Wildman–Crippen LogP) is 2.60. The SMILES string of the molecule is C#CN=C1C(=NC)C=C(c2ccc(N3CCOC(C)C3)cc2)NC1=NCC1CNCCC1(F)F. The number of ether oxygens (including phenoxy) is 1. The smallest absolute Gasteiger partial charge is 0.255 e. The normalized spacial score (nSPS) is 28.5. The van der Waals surface area contributed by atoms with Crippen molar-refractivity contribution < 1.29 is 13.5 Å². The number of piperidine rings is 1. The van der Waals surface area contributed by atoms with Gasteiger partial charge in [0.2, 0.25) is 0 Å². The first kappa shape index (κ1) is 24.0. The number of amidine groups is 1. The van der Waals surface area contributed by atoms with Crippen LogP contribution >= 0.6 is 0 Å². The van der Waals surface area contributed by atoms with Crippen LogP contribution in [0.5, 0.6) is 0 Å². The Balaban J connectivity index is 1.58. The first-order valence-corrected chi connectivity index (χ1v) is 11.5. The molecule has 2 atom stereocenters. The summed E-state index contributed by atoms with van der Waals surface area (Å²) in [6.45, 7) is 4.93. The van der Waals surface area contributed by atoms with Gasteiger partial charge in [0.15, 0.2) is 5.84 Å². The van der Waals surface area contributed by atoms with E-state index in [-0.39, 0.29) is 25.6 Å². The molecule has 3 aliphatic rings. The van der Waals surface area contributed by atoms with Gasteiger partial charge in [-0.1, -0.05) is 18.6 Å². The van der Waals surface area contributed by atoms with E-state index >= 15 is 0 Å². The van der Waals surface area contributed by atoms with Crippen molar-refractivity contribution in [2.45, 2.75) is 25.4 Å². The third kappa shape index (κ3) is 5.34. The largest absolute Gasteiger partial charge is 0.375 e. The monoisotopic (exact) mass is 468 g/mol. The van der Waals surface area contributed by atoms with Crippen molar-refractivity contribution in [1.82, 2.24) is 10.6 Å². The van der Waals surface area contributed by atoms with Gasteiger partial charge >= 0.3 is 0 Å². The van der Waals surface area contributed by atoms with Crippen molar-refractivity contribution in [3.63, 3.8) is 0 Å². The van der Waals surface area contributed by atoms with E-state index in [4.69, 9.17) is 11.2 Å². The molecule has 4 rings (SSSR count). The number of aliphatic imine (C=N–C) groups is 3. The van der Waals surface area contributed by atoms with E-state index < -0.39 is 11.8 Å². The van der Waals surface area contributed by atoms with Gasteiger partial charge in [-0.2, -0.15) is 4.99 Å². The summed E-state index contributed by atoms with van der Waals surface area (Å²) < 4.78 is 34.3. The summed E-state index contributed by atoms with van der Waals surface area (Å²) in [4.78, 5) is 15.2. The number of rotatable bonds is 4. The second-order valence-electron chi connectivity index (χ2n) is 8.66. The summed E-state index contributed by atoms with van der Waals surface area (Å²) >= 11 is 0. The number of anilines is 1. The molecular weight excluding hydrogens is 438 g/mol. The highest BCUT2D eigenvalue weighted by molar-refractivity contribution is 6.72. The fourth-order valence-electron chi connectivity index (χ4n) is 4.35. The zero-order chi connectivity index (χ0) is 24.1. The molecule has 0 amide bonds. The summed E-state index contributed by atoms with van der Waals surface area (Å²) in [5.74, 6) is -3.31. The Bertz CT molecular complexity index is 1050. The standard InChI is InChI=1S/C25H30F2N6O/c1-4-30-23-22(28-3)13-21(32-24(23)31-15-19-14-29-10-9-25(19,26)27)18-5-7-20(8-6-18)33-11-12-34-17(2)16-33/h1,5-8,13,17,19,29H,9-12,14-16H2,2-3H3,(H,31,32). The second-order valence-corrected chi connectivity index (χ2v) is 8.66. The maximum Gasteiger partial charge on any atom is 0.255 e. The molecule has 1 aromatic carbocycles. The number of terminal acetylenes is 1. The lowest BCUT2D eigenvalue weighted by atomic mass is 9.95. The molecule has 2 saturated heterocycles. The van der Waals surface area contributed by atoms with Crippen molar-refractivity contribution in [2.24, 2.45) is 20.9 Å². The van der Waals surface area contributed by atoms with Crippen LogP contribution < -0.4 is 15.5 Å². The number of hydrogen-bond acceptors (Lipinski definition) is 6. The quantitative estimate of drug-likeness (QED) is 0.667. The van der Waals surface area contributed by atoms with E-state index in [0.29, 0.717) is 30.4 Å². The number of hydrogen-bond donors (Lipinski definition) is 2. The highest BCUT2D eigenvalue weighted by Crippen LogP contribution is 2.31. The molecule has 2 fully saturated rings. The third-order valence-corrected chi connectivity index (χ3v) is 6.30. The summed E-state index contributed by atoms with van der Waals surface area (Å²) in [5, 5.41) is 6.27. The molecule has 0 saturated carbocycles. The van der Waals surface area contributed by atoms with E-state index in [2.05, 4.69) is 55.6 Å². The van der Waals surface area contributed by atoms with Gasteiger partial charge in [0, 0.05) is 57.1 Å². The van der Waals surface area contributed by atoms with E-state index in [9.17, 15) is 8.78 Å². The highest BCUT2D eigenvalue weighted by atomic mass is 19.3. The molecule has 3 heterocycles. The van der Waals surface area contributed by atoms with Crippen molar-refractivity contribution in [3.05, 3.63) is 35.9 Å². The van der Waals surface area contributed by atoms with Crippen LogP contribution in [0.25, 0.3) is 5.70 Å². The Morgan fingerprint density at radius 3 is 2.76 bits per heavy atom. The highest BCUT2D eigenvalue weighted by Gasteiger charge is 2.41. The lowest BCUT2D eigenvalue weighted by Gasteiger charge is -2.33. The average Bonchev–Trinajstić information content (AvgIpc) is 2.84. The van der Waals surface area contributed by atoms with Crippen LogP contribution in [0.1, 0.15) is 18.9 Å². The molecule has 2 unspecified atom stereocenters. The second kappa shape index (κ2) is 10.5. The Labute approximate surface area is 199 Å². The number of benzene rings is 1. The topological polar surface area (TPSA) is 73.6 Å². The number of halogens is 2. The minimum atomic E-state index is -2.76. The zero-order valence-electron chi connectivity index (χ0n) is 19.5. The lowest BCUT2D eigenvalue weighted by molar-refractivity contribution is -0.0740. The molecule has 0 aliphatic carbocycles. The fraction of sp³-hybridized carbons (Fsp3) is 0.480. The Morgan fingerprint density at radius 2 is 2.09 bits per heavy atom. The minimum absolute atomic E-state index is 0.0512. The third-order valence-electron chi connectivity index (χ3n) is 6.30. The summed E-state index contributed by atoms with van der Waals surface area (Å²) in [6.07, 6.45) is 7.27. The van der Waals surface area contributed by atoms with E-state index in [1.165, 1.54) is 0 Å². The summed E-state index contributed by atoms with van der Waals surface area (Å²) in [5.41, 5.74) is 3.72. The van der Waals surface area contributed by atoms with Crippen molar-refractivity contribution in [3.8, 4) is 12.5 Å². The van der Waals surface area contributed by atoms with E-state index in [1.807, 2.05) is 18.2 Å². The van der Waals surface area contributed by atoms with Crippen LogP contribution in [-0.2, 0) is 4.74 Å². The Morgan fingerprint density at radius 1 is 1.29 bits per heavy atom. The summed E-state index contributed by atoms with van der Waals surface area (Å²) in [7, 11) is 1.64. The van der Waals surface area contributed by atoms with E-state index in [1.54, 1.807) is 7.05 Å². The Hall–Kier alpha value is -3.09. The van der Waals surface area contributed by atoms with Gasteiger partial charge < -0.3 is 20.3 Å². The summed E-state index contributed by atoms with van der Waals surface area (Å²) in [6, 6.07) is 10.4. The fourth-order valence-corrected chi connectivity index (χ4v) is 4.35. The van der Waals surface area contributed by atoms with Crippen LogP contribution in [0.4, 0.5) is 14.5 Å². The molecule has 9 heteroatoms.